The molecule has 0 amide bonds. The molecule has 32 heavy (non-hydrogen) atoms. The van der Waals surface area contributed by atoms with Gasteiger partial charge in [-0.15, -0.1) is 0 Å². The number of aliphatic hydroxyl groups excluding tert-OH is 1. The third-order valence-corrected chi connectivity index (χ3v) is 10.6. The minimum absolute atomic E-state index is 0.391. The van der Waals surface area contributed by atoms with Crippen molar-refractivity contribution >= 4 is 0 Å². The fraction of sp³-hybridized carbons (Fsp3) is 1.00. The van der Waals surface area contributed by atoms with Crippen LogP contribution in [0.15, 0.2) is 0 Å². The van der Waals surface area contributed by atoms with Crippen molar-refractivity contribution in [2.75, 3.05) is 6.61 Å². The zero-order valence-corrected chi connectivity index (χ0v) is 22.2. The van der Waals surface area contributed by atoms with Crippen LogP contribution in [0.5, 0.6) is 0 Å². The Morgan fingerprint density at radius 1 is 0.719 bits per heavy atom. The third-order valence-electron chi connectivity index (χ3n) is 10.6. The maximum absolute atomic E-state index is 9.15. The van der Waals surface area contributed by atoms with Gasteiger partial charge in [0.15, 0.2) is 0 Å². The van der Waals surface area contributed by atoms with E-state index in [1.807, 2.05) is 0 Å². The molecule has 0 heterocycles. The highest BCUT2D eigenvalue weighted by Crippen LogP contribution is 2.50. The summed E-state index contributed by atoms with van der Waals surface area (Å²) in [5, 5.41) is 9.15. The Balaban J connectivity index is 1.41. The van der Waals surface area contributed by atoms with Gasteiger partial charge >= 0.3 is 0 Å². The first kappa shape index (κ1) is 26.6. The van der Waals surface area contributed by atoms with Gasteiger partial charge in [-0.25, -0.2) is 0 Å². The van der Waals surface area contributed by atoms with Crippen molar-refractivity contribution in [3.8, 4) is 0 Å². The zero-order valence-electron chi connectivity index (χ0n) is 22.2. The summed E-state index contributed by atoms with van der Waals surface area (Å²) >= 11 is 0. The van der Waals surface area contributed by atoms with Crippen molar-refractivity contribution in [3.05, 3.63) is 0 Å². The van der Waals surface area contributed by atoms with Gasteiger partial charge in [0.1, 0.15) is 0 Å². The van der Waals surface area contributed by atoms with Crippen molar-refractivity contribution in [2.24, 2.45) is 47.3 Å². The fourth-order valence-corrected chi connectivity index (χ4v) is 8.48. The molecule has 0 saturated heterocycles. The molecule has 0 aliphatic heterocycles. The third kappa shape index (κ3) is 7.74. The minimum atomic E-state index is 0.391. The summed E-state index contributed by atoms with van der Waals surface area (Å²) in [4.78, 5) is 0. The van der Waals surface area contributed by atoms with Crippen molar-refractivity contribution in [1.29, 1.82) is 0 Å². The summed E-state index contributed by atoms with van der Waals surface area (Å²) in [6, 6.07) is 0. The van der Waals surface area contributed by atoms with Crippen molar-refractivity contribution in [3.63, 3.8) is 0 Å². The van der Waals surface area contributed by atoms with Gasteiger partial charge in [-0.05, 0) is 112 Å². The largest absolute Gasteiger partial charge is 0.396 e. The lowest BCUT2D eigenvalue weighted by Crippen LogP contribution is -2.35. The summed E-state index contributed by atoms with van der Waals surface area (Å²) in [7, 11) is 0. The summed E-state index contributed by atoms with van der Waals surface area (Å²) in [6.07, 6.45) is 27.7. The normalized spacial score (nSPS) is 37.3. The number of hydrogen-bond donors (Lipinski definition) is 1. The van der Waals surface area contributed by atoms with Crippen LogP contribution >= 0.6 is 0 Å². The first-order valence-electron chi connectivity index (χ1n) is 15.3. The van der Waals surface area contributed by atoms with Crippen molar-refractivity contribution in [2.45, 2.75) is 143 Å². The Kier molecular flexibility index (Phi) is 11.9. The van der Waals surface area contributed by atoms with Crippen LogP contribution in [0.1, 0.15) is 143 Å². The Bertz CT molecular complexity index is 471. The summed E-state index contributed by atoms with van der Waals surface area (Å²) in [5.41, 5.74) is 0. The van der Waals surface area contributed by atoms with Crippen LogP contribution in [0.4, 0.5) is 0 Å². The van der Waals surface area contributed by atoms with Crippen LogP contribution < -0.4 is 0 Å². The fourth-order valence-electron chi connectivity index (χ4n) is 8.48. The van der Waals surface area contributed by atoms with Gasteiger partial charge < -0.3 is 5.11 Å². The lowest BCUT2D eigenvalue weighted by molar-refractivity contribution is 0.0509. The van der Waals surface area contributed by atoms with Gasteiger partial charge in [-0.3, -0.25) is 0 Å². The molecule has 3 saturated carbocycles. The summed E-state index contributed by atoms with van der Waals surface area (Å²) in [5.74, 6) is 8.17. The molecule has 0 aromatic rings. The Morgan fingerprint density at radius 3 is 2.00 bits per heavy atom. The standard InChI is InChI=1S/C31H58O/c1-4-7-9-24(5-2)22-26-13-15-28(16-14-26)30-19-20-31(27(6-3)23-30)29-17-11-25(12-18-29)10-8-21-32/h24-32H,4-23H2,1-3H3. The van der Waals surface area contributed by atoms with Gasteiger partial charge in [0.2, 0.25) is 0 Å². The second-order valence-corrected chi connectivity index (χ2v) is 12.5. The SMILES string of the molecule is CCCCC(CC)CC1CCC(C2CCC(C3CCC(CCCO)CC3)C(CC)C2)CC1. The molecule has 3 rings (SSSR count). The first-order chi connectivity index (χ1) is 15.7. The van der Waals surface area contributed by atoms with Gasteiger partial charge in [-0.1, -0.05) is 78.6 Å². The van der Waals surface area contributed by atoms with Crippen molar-refractivity contribution < 1.29 is 5.11 Å². The van der Waals surface area contributed by atoms with E-state index in [1.54, 1.807) is 44.9 Å². The second kappa shape index (κ2) is 14.4. The predicted octanol–water partition coefficient (Wildman–Crippen LogP) is 9.42. The van der Waals surface area contributed by atoms with E-state index in [0.29, 0.717) is 6.61 Å². The molecule has 0 bridgehead atoms. The topological polar surface area (TPSA) is 20.2 Å². The molecule has 4 atom stereocenters. The molecule has 1 heteroatoms. The van der Waals surface area contributed by atoms with E-state index in [4.69, 9.17) is 5.11 Å². The molecule has 1 N–H and O–H groups in total. The number of aliphatic hydroxyl groups is 1. The van der Waals surface area contributed by atoms with Crippen LogP contribution in [0.2, 0.25) is 0 Å². The van der Waals surface area contributed by atoms with Gasteiger partial charge in [0.25, 0.3) is 0 Å². The van der Waals surface area contributed by atoms with Crippen molar-refractivity contribution in [1.82, 2.24) is 0 Å². The van der Waals surface area contributed by atoms with Crippen LogP contribution in [0, 0.1) is 47.3 Å². The molecule has 4 unspecified atom stereocenters. The molecule has 0 aromatic carbocycles. The Morgan fingerprint density at radius 2 is 1.38 bits per heavy atom. The van der Waals surface area contributed by atoms with Crippen LogP contribution in [0.25, 0.3) is 0 Å². The molecule has 3 fully saturated rings. The maximum Gasteiger partial charge on any atom is 0.0431 e. The molecule has 3 aliphatic carbocycles. The molecule has 1 nitrogen and oxygen atoms in total. The van der Waals surface area contributed by atoms with Crippen LogP contribution in [-0.4, -0.2) is 11.7 Å². The van der Waals surface area contributed by atoms with E-state index in [-0.39, 0.29) is 0 Å². The zero-order chi connectivity index (χ0) is 22.8. The lowest BCUT2D eigenvalue weighted by atomic mass is 9.60. The van der Waals surface area contributed by atoms with Crippen LogP contribution in [0.3, 0.4) is 0 Å². The highest BCUT2D eigenvalue weighted by Gasteiger charge is 2.39. The number of unbranched alkanes of at least 4 members (excludes halogenated alkanes) is 1. The lowest BCUT2D eigenvalue weighted by Gasteiger charge is -2.45. The molecule has 188 valence electrons. The van der Waals surface area contributed by atoms with E-state index < -0.39 is 0 Å². The highest BCUT2D eigenvalue weighted by atomic mass is 16.2. The maximum atomic E-state index is 9.15. The first-order valence-corrected chi connectivity index (χ1v) is 15.3. The van der Waals surface area contributed by atoms with E-state index in [2.05, 4.69) is 20.8 Å². The predicted molar refractivity (Wildman–Crippen MR) is 140 cm³/mol. The van der Waals surface area contributed by atoms with Gasteiger partial charge in [0.05, 0.1) is 0 Å². The number of hydrogen-bond acceptors (Lipinski definition) is 1. The highest BCUT2D eigenvalue weighted by molar-refractivity contribution is 4.89. The molecule has 3 aliphatic rings. The molecular weight excluding hydrogens is 388 g/mol. The van der Waals surface area contributed by atoms with Gasteiger partial charge in [-0.2, -0.15) is 0 Å². The van der Waals surface area contributed by atoms with E-state index in [1.165, 1.54) is 70.6 Å². The van der Waals surface area contributed by atoms with Crippen LogP contribution in [-0.2, 0) is 0 Å². The Labute approximate surface area is 201 Å². The second-order valence-electron chi connectivity index (χ2n) is 12.5. The molecule has 0 radical (unpaired) electrons. The van der Waals surface area contributed by atoms with E-state index >= 15 is 0 Å². The molecule has 0 aromatic heterocycles. The molecular formula is C31H58O. The average Bonchev–Trinajstić information content (AvgIpc) is 2.85. The smallest absolute Gasteiger partial charge is 0.0431 e. The average molecular weight is 447 g/mol. The number of rotatable bonds is 12. The molecule has 0 spiro atoms. The summed E-state index contributed by atoms with van der Waals surface area (Å²) in [6.45, 7) is 7.66. The minimum Gasteiger partial charge on any atom is -0.396 e. The van der Waals surface area contributed by atoms with E-state index in [0.717, 1.165) is 53.8 Å². The Hall–Kier alpha value is -0.0400. The van der Waals surface area contributed by atoms with E-state index in [9.17, 15) is 0 Å². The monoisotopic (exact) mass is 446 g/mol. The van der Waals surface area contributed by atoms with Gasteiger partial charge in [0, 0.05) is 6.61 Å². The quantitative estimate of drug-likeness (QED) is 0.316. The summed E-state index contributed by atoms with van der Waals surface area (Å²) < 4.78 is 0.